The quantitative estimate of drug-likeness (QED) is 0.725. The minimum atomic E-state index is -0.684. The highest BCUT2D eigenvalue weighted by molar-refractivity contribution is 7.13. The van der Waals surface area contributed by atoms with Crippen molar-refractivity contribution in [3.05, 3.63) is 45.9 Å². The molecule has 0 aliphatic rings. The molecule has 3 rings (SSSR count). The molecule has 1 amide bonds. The van der Waals surface area contributed by atoms with Gasteiger partial charge in [-0.3, -0.25) is 9.36 Å². The van der Waals surface area contributed by atoms with E-state index in [1.807, 2.05) is 0 Å². The Bertz CT molecular complexity index is 926. The first kappa shape index (κ1) is 15.0. The summed E-state index contributed by atoms with van der Waals surface area (Å²) < 4.78 is 10.9. The van der Waals surface area contributed by atoms with Gasteiger partial charge in [0.15, 0.2) is 10.7 Å². The van der Waals surface area contributed by atoms with Gasteiger partial charge in [0.2, 0.25) is 5.91 Å². The second kappa shape index (κ2) is 6.05. The predicted octanol–water partition coefficient (Wildman–Crippen LogP) is 1.48. The molecule has 0 radical (unpaired) electrons. The van der Waals surface area contributed by atoms with E-state index in [0.717, 1.165) is 0 Å². The van der Waals surface area contributed by atoms with Crippen LogP contribution in [0.3, 0.4) is 0 Å². The lowest BCUT2D eigenvalue weighted by Gasteiger charge is -2.03. The van der Waals surface area contributed by atoms with E-state index in [-0.39, 0.29) is 17.7 Å². The molecule has 1 N–H and O–H groups in total. The minimum absolute atomic E-state index is 0.208. The van der Waals surface area contributed by atoms with Crippen molar-refractivity contribution >= 4 is 39.4 Å². The SMILES string of the molecule is COC(=O)c1ccc2c(c1)oc(=O)n2CC(=O)Nc1nccs1. The zero-order chi connectivity index (χ0) is 16.4. The van der Waals surface area contributed by atoms with Crippen molar-refractivity contribution in [2.75, 3.05) is 12.4 Å². The van der Waals surface area contributed by atoms with Crippen LogP contribution in [0.2, 0.25) is 0 Å². The van der Waals surface area contributed by atoms with Crippen LogP contribution in [0.15, 0.2) is 39.0 Å². The molecule has 8 nitrogen and oxygen atoms in total. The zero-order valence-electron chi connectivity index (χ0n) is 11.9. The van der Waals surface area contributed by atoms with Gasteiger partial charge in [-0.2, -0.15) is 0 Å². The summed E-state index contributed by atoms with van der Waals surface area (Å²) in [4.78, 5) is 39.3. The molecule has 23 heavy (non-hydrogen) atoms. The van der Waals surface area contributed by atoms with Crippen LogP contribution in [0, 0.1) is 0 Å². The van der Waals surface area contributed by atoms with Crippen molar-refractivity contribution in [1.29, 1.82) is 0 Å². The van der Waals surface area contributed by atoms with Crippen molar-refractivity contribution in [3.8, 4) is 0 Å². The van der Waals surface area contributed by atoms with Crippen molar-refractivity contribution in [1.82, 2.24) is 9.55 Å². The average Bonchev–Trinajstić information content (AvgIpc) is 3.14. The number of nitrogens with zero attached hydrogens (tertiary/aromatic N) is 2. The molecule has 0 atom stereocenters. The first-order chi connectivity index (χ1) is 11.1. The summed E-state index contributed by atoms with van der Waals surface area (Å²) in [7, 11) is 1.26. The fourth-order valence-corrected chi connectivity index (χ4v) is 2.59. The van der Waals surface area contributed by atoms with E-state index in [4.69, 9.17) is 4.42 Å². The van der Waals surface area contributed by atoms with Gasteiger partial charge in [0, 0.05) is 11.6 Å². The molecule has 0 aliphatic carbocycles. The van der Waals surface area contributed by atoms with Crippen LogP contribution < -0.4 is 11.1 Å². The molecule has 1 aromatic carbocycles. The molecule has 0 aliphatic heterocycles. The van der Waals surface area contributed by atoms with E-state index >= 15 is 0 Å². The number of hydrogen-bond donors (Lipinski definition) is 1. The Morgan fingerprint density at radius 3 is 2.96 bits per heavy atom. The van der Waals surface area contributed by atoms with Gasteiger partial charge in [0.25, 0.3) is 0 Å². The van der Waals surface area contributed by atoms with Crippen molar-refractivity contribution in [3.63, 3.8) is 0 Å². The van der Waals surface area contributed by atoms with Crippen LogP contribution in [-0.4, -0.2) is 28.5 Å². The van der Waals surface area contributed by atoms with E-state index in [1.165, 1.54) is 41.2 Å². The standard InChI is InChI=1S/C14H11N3O5S/c1-21-12(19)8-2-3-9-10(6-8)22-14(20)17(9)7-11(18)16-13-15-4-5-23-13/h2-6H,7H2,1H3,(H,15,16,18). The van der Waals surface area contributed by atoms with Gasteiger partial charge in [0.05, 0.1) is 18.2 Å². The number of amides is 1. The number of nitrogens with one attached hydrogen (secondary N) is 1. The third-order valence-electron chi connectivity index (χ3n) is 3.07. The number of anilines is 1. The Kier molecular flexibility index (Phi) is 3.94. The lowest BCUT2D eigenvalue weighted by molar-refractivity contribution is -0.116. The third kappa shape index (κ3) is 2.99. The largest absolute Gasteiger partial charge is 0.465 e. The predicted molar refractivity (Wildman–Crippen MR) is 82.6 cm³/mol. The number of rotatable bonds is 4. The number of aromatic nitrogens is 2. The summed E-state index contributed by atoms with van der Waals surface area (Å²) in [5.41, 5.74) is 0.880. The van der Waals surface area contributed by atoms with Gasteiger partial charge >= 0.3 is 11.7 Å². The molecule has 9 heteroatoms. The molecule has 0 fully saturated rings. The maximum Gasteiger partial charge on any atom is 0.420 e. The second-order valence-electron chi connectivity index (χ2n) is 4.51. The van der Waals surface area contributed by atoms with Gasteiger partial charge in [0.1, 0.15) is 6.54 Å². The third-order valence-corrected chi connectivity index (χ3v) is 3.76. The fourth-order valence-electron chi connectivity index (χ4n) is 2.05. The highest BCUT2D eigenvalue weighted by atomic mass is 32.1. The number of thiazole rings is 1. The Hall–Kier alpha value is -2.94. The van der Waals surface area contributed by atoms with E-state index in [0.29, 0.717) is 10.6 Å². The fraction of sp³-hybridized carbons (Fsp3) is 0.143. The molecule has 0 spiro atoms. The summed E-state index contributed by atoms with van der Waals surface area (Å²) >= 11 is 1.27. The smallest absolute Gasteiger partial charge is 0.420 e. The Morgan fingerprint density at radius 2 is 2.26 bits per heavy atom. The van der Waals surface area contributed by atoms with E-state index in [1.54, 1.807) is 11.6 Å². The molecule has 0 bridgehead atoms. The average molecular weight is 333 g/mol. The molecular formula is C14H11N3O5S. The molecule has 2 aromatic heterocycles. The topological polar surface area (TPSA) is 103 Å². The number of benzene rings is 1. The van der Waals surface area contributed by atoms with Crippen molar-refractivity contribution in [2.24, 2.45) is 0 Å². The van der Waals surface area contributed by atoms with Crippen LogP contribution >= 0.6 is 11.3 Å². The summed E-state index contributed by atoms with van der Waals surface area (Å²) in [5.74, 6) is -1.62. The first-order valence-corrected chi connectivity index (χ1v) is 7.37. The lowest BCUT2D eigenvalue weighted by atomic mass is 10.2. The Labute approximate surface area is 133 Å². The highest BCUT2D eigenvalue weighted by Crippen LogP contribution is 2.16. The first-order valence-electron chi connectivity index (χ1n) is 6.49. The van der Waals surface area contributed by atoms with Crippen LogP contribution in [0.5, 0.6) is 0 Å². The van der Waals surface area contributed by atoms with E-state index in [9.17, 15) is 14.4 Å². The van der Waals surface area contributed by atoms with Gasteiger partial charge < -0.3 is 14.5 Å². The van der Waals surface area contributed by atoms with Gasteiger partial charge in [-0.05, 0) is 18.2 Å². The second-order valence-corrected chi connectivity index (χ2v) is 5.41. The molecule has 0 saturated heterocycles. The number of fused-ring (bicyclic) bond motifs is 1. The maximum atomic E-state index is 12.0. The van der Waals surface area contributed by atoms with E-state index < -0.39 is 17.6 Å². The van der Waals surface area contributed by atoms with E-state index in [2.05, 4.69) is 15.0 Å². The summed E-state index contributed by atoms with van der Waals surface area (Å²) in [6.07, 6.45) is 1.56. The monoisotopic (exact) mass is 333 g/mol. The van der Waals surface area contributed by atoms with Gasteiger partial charge in [-0.1, -0.05) is 0 Å². The van der Waals surface area contributed by atoms with Crippen LogP contribution in [0.25, 0.3) is 11.1 Å². The van der Waals surface area contributed by atoms with Crippen molar-refractivity contribution in [2.45, 2.75) is 6.54 Å². The van der Waals surface area contributed by atoms with Crippen LogP contribution in [0.1, 0.15) is 10.4 Å². The molecule has 0 unspecified atom stereocenters. The van der Waals surface area contributed by atoms with Crippen LogP contribution in [0.4, 0.5) is 5.13 Å². The van der Waals surface area contributed by atoms with Gasteiger partial charge in [-0.25, -0.2) is 14.6 Å². The highest BCUT2D eigenvalue weighted by Gasteiger charge is 2.15. The number of methoxy groups -OCH3 is 1. The number of hydrogen-bond acceptors (Lipinski definition) is 7. The number of esters is 1. The van der Waals surface area contributed by atoms with Crippen LogP contribution in [-0.2, 0) is 16.1 Å². The zero-order valence-corrected chi connectivity index (χ0v) is 12.8. The van der Waals surface area contributed by atoms with Gasteiger partial charge in [-0.15, -0.1) is 11.3 Å². The Morgan fingerprint density at radius 1 is 1.43 bits per heavy atom. The Balaban J connectivity index is 1.89. The maximum absolute atomic E-state index is 12.0. The molecule has 118 valence electrons. The van der Waals surface area contributed by atoms with Crippen molar-refractivity contribution < 1.29 is 18.7 Å². The number of carbonyl (C=O) groups excluding carboxylic acids is 2. The molecule has 0 saturated carbocycles. The summed E-state index contributed by atoms with van der Waals surface area (Å²) in [5, 5.41) is 4.76. The number of carbonyl (C=O) groups is 2. The minimum Gasteiger partial charge on any atom is -0.465 e. The number of oxazole rings is 1. The summed E-state index contributed by atoms with van der Waals surface area (Å²) in [6.45, 7) is -0.219. The lowest BCUT2D eigenvalue weighted by Crippen LogP contribution is -2.24. The normalized spacial score (nSPS) is 10.7. The molecular weight excluding hydrogens is 322 g/mol. The number of ether oxygens (including phenoxy) is 1. The molecule has 3 aromatic rings. The summed E-state index contributed by atoms with van der Waals surface area (Å²) in [6, 6.07) is 4.43. The molecule has 2 heterocycles.